The summed E-state index contributed by atoms with van der Waals surface area (Å²) < 4.78 is 0. The van der Waals surface area contributed by atoms with Crippen molar-refractivity contribution in [3.8, 4) is 0 Å². The van der Waals surface area contributed by atoms with Crippen molar-refractivity contribution < 1.29 is 9.90 Å². The maximum atomic E-state index is 12.7. The Morgan fingerprint density at radius 1 is 1.32 bits per heavy atom. The van der Waals surface area contributed by atoms with Gasteiger partial charge in [-0.1, -0.05) is 37.3 Å². The topological polar surface area (TPSA) is 69.2 Å². The number of aryl methyl sites for hydroxylation is 1. The third-order valence-electron chi connectivity index (χ3n) is 3.28. The highest BCUT2D eigenvalue weighted by molar-refractivity contribution is 5.92. The van der Waals surface area contributed by atoms with Crippen LogP contribution in [0.5, 0.6) is 0 Å². The molecule has 0 fully saturated rings. The zero-order valence-corrected chi connectivity index (χ0v) is 13.3. The third kappa shape index (κ3) is 4.43. The van der Waals surface area contributed by atoms with E-state index in [-0.39, 0.29) is 12.5 Å². The molecule has 5 heteroatoms. The van der Waals surface area contributed by atoms with Gasteiger partial charge in [-0.15, -0.1) is 0 Å². The van der Waals surface area contributed by atoms with Crippen LogP contribution in [0.2, 0.25) is 0 Å². The number of hydrogen-bond donors (Lipinski definition) is 2. The number of rotatable bonds is 6. The molecule has 0 aliphatic carbocycles. The Morgan fingerprint density at radius 3 is 2.55 bits per heavy atom. The maximum absolute atomic E-state index is 12.7. The van der Waals surface area contributed by atoms with Gasteiger partial charge in [0.1, 0.15) is 11.5 Å². The highest BCUT2D eigenvalue weighted by Crippen LogP contribution is 2.13. The van der Waals surface area contributed by atoms with Gasteiger partial charge in [0.2, 0.25) is 0 Å². The number of aliphatic hydroxyl groups is 1. The Kier molecular flexibility index (Phi) is 4.98. The minimum absolute atomic E-state index is 0.154. The Morgan fingerprint density at radius 2 is 2.00 bits per heavy atom. The Hall–Kier alpha value is -2.14. The molecular weight excluding hydrogens is 278 g/mol. The summed E-state index contributed by atoms with van der Waals surface area (Å²) in [6, 6.07) is 9.75. The average molecular weight is 301 g/mol. The van der Waals surface area contributed by atoms with E-state index >= 15 is 0 Å². The van der Waals surface area contributed by atoms with Gasteiger partial charge < -0.3 is 15.0 Å². The number of hydrogen-bond acceptors (Lipinski definition) is 3. The van der Waals surface area contributed by atoms with Gasteiger partial charge in [-0.2, -0.15) is 0 Å². The number of H-pyrrole nitrogens is 1. The van der Waals surface area contributed by atoms with Crippen LogP contribution in [0.15, 0.2) is 36.5 Å². The van der Waals surface area contributed by atoms with Crippen LogP contribution >= 0.6 is 0 Å². The molecule has 22 heavy (non-hydrogen) atoms. The lowest BCUT2D eigenvalue weighted by atomic mass is 10.1. The number of aromatic amines is 1. The van der Waals surface area contributed by atoms with Crippen LogP contribution in [-0.2, 0) is 13.0 Å². The highest BCUT2D eigenvalue weighted by atomic mass is 16.3. The van der Waals surface area contributed by atoms with E-state index in [2.05, 4.69) is 9.97 Å². The molecule has 1 aromatic heterocycles. The van der Waals surface area contributed by atoms with Crippen molar-refractivity contribution in [1.29, 1.82) is 0 Å². The second-order valence-corrected chi connectivity index (χ2v) is 6.06. The summed E-state index contributed by atoms with van der Waals surface area (Å²) in [6.45, 7) is 6.07. The molecule has 2 N–H and O–H groups in total. The smallest absolute Gasteiger partial charge is 0.272 e. The van der Waals surface area contributed by atoms with Gasteiger partial charge in [0.25, 0.3) is 5.91 Å². The largest absolute Gasteiger partial charge is 0.389 e. The molecule has 1 amide bonds. The Balaban J connectivity index is 2.21. The van der Waals surface area contributed by atoms with E-state index in [1.54, 1.807) is 24.9 Å². The molecule has 1 heterocycles. The first-order valence-electron chi connectivity index (χ1n) is 7.48. The predicted octanol–water partition coefficient (Wildman–Crippen LogP) is 2.39. The van der Waals surface area contributed by atoms with Crippen molar-refractivity contribution in [2.24, 2.45) is 0 Å². The minimum atomic E-state index is -0.960. The summed E-state index contributed by atoms with van der Waals surface area (Å²) in [5, 5.41) is 10.1. The number of amides is 1. The first kappa shape index (κ1) is 16.2. The number of nitrogens with one attached hydrogen (secondary N) is 1. The van der Waals surface area contributed by atoms with Crippen LogP contribution in [0.1, 0.15) is 42.6 Å². The number of benzene rings is 1. The molecule has 0 atom stereocenters. The summed E-state index contributed by atoms with van der Waals surface area (Å²) >= 11 is 0. The monoisotopic (exact) mass is 301 g/mol. The van der Waals surface area contributed by atoms with Crippen LogP contribution in [0.3, 0.4) is 0 Å². The summed E-state index contributed by atoms with van der Waals surface area (Å²) in [5.41, 5.74) is 0.519. The minimum Gasteiger partial charge on any atom is -0.389 e. The number of carbonyl (C=O) groups excluding carboxylic acids is 1. The molecule has 118 valence electrons. The average Bonchev–Trinajstić information content (AvgIpc) is 2.94. The van der Waals surface area contributed by atoms with Crippen LogP contribution in [0, 0.1) is 0 Å². The number of carbonyl (C=O) groups is 1. The molecule has 0 bridgehead atoms. The molecule has 2 aromatic rings. The van der Waals surface area contributed by atoms with Crippen molar-refractivity contribution in [2.45, 2.75) is 39.3 Å². The summed E-state index contributed by atoms with van der Waals surface area (Å²) in [6.07, 6.45) is 2.31. The summed E-state index contributed by atoms with van der Waals surface area (Å²) in [5.74, 6) is 0.629. The lowest BCUT2D eigenvalue weighted by Crippen LogP contribution is -2.42. The van der Waals surface area contributed by atoms with Gasteiger partial charge in [0.05, 0.1) is 11.8 Å². The fraction of sp³-hybridized carbons (Fsp3) is 0.412. The van der Waals surface area contributed by atoms with Gasteiger partial charge >= 0.3 is 0 Å². The zero-order valence-electron chi connectivity index (χ0n) is 13.3. The van der Waals surface area contributed by atoms with E-state index in [9.17, 15) is 9.90 Å². The van der Waals surface area contributed by atoms with E-state index < -0.39 is 5.60 Å². The van der Waals surface area contributed by atoms with E-state index in [1.807, 2.05) is 37.3 Å². The van der Waals surface area contributed by atoms with E-state index in [1.165, 1.54) is 0 Å². The van der Waals surface area contributed by atoms with Crippen molar-refractivity contribution in [2.75, 3.05) is 6.54 Å². The Labute approximate surface area is 131 Å². The quantitative estimate of drug-likeness (QED) is 0.860. The fourth-order valence-electron chi connectivity index (χ4n) is 2.29. The number of aromatic nitrogens is 2. The SMILES string of the molecule is CCc1ncc(C(=O)N(Cc2ccccc2)CC(C)(C)O)[nH]1. The molecule has 0 aliphatic rings. The first-order chi connectivity index (χ1) is 10.4. The van der Waals surface area contributed by atoms with E-state index in [4.69, 9.17) is 0 Å². The zero-order chi connectivity index (χ0) is 16.2. The molecule has 0 saturated heterocycles. The van der Waals surface area contributed by atoms with Gasteiger partial charge in [-0.25, -0.2) is 4.98 Å². The molecule has 0 aliphatic heterocycles. The Bertz CT molecular complexity index is 614. The summed E-state index contributed by atoms with van der Waals surface area (Å²) in [4.78, 5) is 21.5. The molecular formula is C17H23N3O2. The van der Waals surface area contributed by atoms with Gasteiger partial charge in [0, 0.05) is 19.5 Å². The molecule has 2 rings (SSSR count). The van der Waals surface area contributed by atoms with Crippen LogP contribution in [0.4, 0.5) is 0 Å². The molecule has 0 unspecified atom stereocenters. The van der Waals surface area contributed by atoms with Crippen LogP contribution in [-0.4, -0.2) is 38.0 Å². The van der Waals surface area contributed by atoms with Crippen LogP contribution in [0.25, 0.3) is 0 Å². The van der Waals surface area contributed by atoms with Crippen molar-refractivity contribution >= 4 is 5.91 Å². The second-order valence-electron chi connectivity index (χ2n) is 6.06. The predicted molar refractivity (Wildman–Crippen MR) is 85.4 cm³/mol. The van der Waals surface area contributed by atoms with E-state index in [0.29, 0.717) is 12.2 Å². The molecule has 1 aromatic carbocycles. The lowest BCUT2D eigenvalue weighted by molar-refractivity contribution is 0.0277. The standard InChI is InChI=1S/C17H23N3O2/c1-4-15-18-10-14(19-15)16(21)20(12-17(2,3)22)11-13-8-6-5-7-9-13/h5-10,22H,4,11-12H2,1-3H3,(H,18,19). The fourth-order valence-corrected chi connectivity index (χ4v) is 2.29. The lowest BCUT2D eigenvalue weighted by Gasteiger charge is -2.29. The van der Waals surface area contributed by atoms with Gasteiger partial charge in [0.15, 0.2) is 0 Å². The second kappa shape index (κ2) is 6.75. The normalized spacial score (nSPS) is 11.5. The van der Waals surface area contributed by atoms with Gasteiger partial charge in [-0.3, -0.25) is 4.79 Å². The van der Waals surface area contributed by atoms with Gasteiger partial charge in [-0.05, 0) is 19.4 Å². The van der Waals surface area contributed by atoms with E-state index in [0.717, 1.165) is 17.8 Å². The van der Waals surface area contributed by atoms with Crippen molar-refractivity contribution in [3.63, 3.8) is 0 Å². The molecule has 0 spiro atoms. The number of imidazole rings is 1. The summed E-state index contributed by atoms with van der Waals surface area (Å²) in [7, 11) is 0. The van der Waals surface area contributed by atoms with Crippen molar-refractivity contribution in [3.05, 3.63) is 53.6 Å². The van der Waals surface area contributed by atoms with Crippen LogP contribution < -0.4 is 0 Å². The molecule has 0 saturated carbocycles. The number of nitrogens with zero attached hydrogens (tertiary/aromatic N) is 2. The maximum Gasteiger partial charge on any atom is 0.272 e. The molecule has 5 nitrogen and oxygen atoms in total. The highest BCUT2D eigenvalue weighted by Gasteiger charge is 2.24. The molecule has 0 radical (unpaired) electrons. The third-order valence-corrected chi connectivity index (χ3v) is 3.28. The first-order valence-corrected chi connectivity index (χ1v) is 7.48. The van der Waals surface area contributed by atoms with Crippen molar-refractivity contribution in [1.82, 2.24) is 14.9 Å².